The molecular formula is C24H26I2O2. The van der Waals surface area contributed by atoms with Crippen LogP contribution in [0.1, 0.15) is 84.2 Å². The van der Waals surface area contributed by atoms with Crippen LogP contribution in [0.25, 0.3) is 0 Å². The molecule has 1 aliphatic carbocycles. The van der Waals surface area contributed by atoms with Gasteiger partial charge in [0.1, 0.15) is 0 Å². The summed E-state index contributed by atoms with van der Waals surface area (Å²) in [6, 6.07) is 16.3. The van der Waals surface area contributed by atoms with Gasteiger partial charge in [0.05, 0.1) is 6.84 Å². The first kappa shape index (κ1) is 21.9. The standard InChI is InChI=1S/C24H26I2O2/c1-23(2,25)21(27)17-9-5-15(6-10-17)19-13-20(14-19)16-7-11-18(12-8-16)22(28)24(3,4)26/h5-12,19-20H,13-14H2,1-4H3. The van der Waals surface area contributed by atoms with Gasteiger partial charge >= 0.3 is 0 Å². The van der Waals surface area contributed by atoms with Gasteiger partial charge in [-0.05, 0) is 63.5 Å². The zero-order chi connectivity index (χ0) is 20.7. The molecule has 0 unspecified atom stereocenters. The van der Waals surface area contributed by atoms with Gasteiger partial charge in [0, 0.05) is 11.1 Å². The van der Waals surface area contributed by atoms with Crippen LogP contribution in [-0.2, 0) is 0 Å². The zero-order valence-corrected chi connectivity index (χ0v) is 21.1. The topological polar surface area (TPSA) is 34.1 Å². The van der Waals surface area contributed by atoms with Crippen LogP contribution in [0.3, 0.4) is 0 Å². The van der Waals surface area contributed by atoms with E-state index < -0.39 is 0 Å². The third-order valence-electron chi connectivity index (χ3n) is 5.51. The predicted molar refractivity (Wildman–Crippen MR) is 132 cm³/mol. The zero-order valence-electron chi connectivity index (χ0n) is 16.8. The Bertz CT molecular complexity index is 789. The molecule has 0 aromatic heterocycles. The monoisotopic (exact) mass is 600 g/mol. The van der Waals surface area contributed by atoms with Crippen LogP contribution < -0.4 is 0 Å². The Kier molecular flexibility index (Phi) is 6.40. The van der Waals surface area contributed by atoms with Gasteiger partial charge in [0.2, 0.25) is 0 Å². The quantitative estimate of drug-likeness (QED) is 0.201. The fourth-order valence-electron chi connectivity index (χ4n) is 3.66. The van der Waals surface area contributed by atoms with E-state index in [1.165, 1.54) is 11.1 Å². The molecular weight excluding hydrogens is 574 g/mol. The van der Waals surface area contributed by atoms with Crippen molar-refractivity contribution in [3.05, 3.63) is 70.8 Å². The lowest BCUT2D eigenvalue weighted by atomic mass is 9.68. The van der Waals surface area contributed by atoms with E-state index in [9.17, 15) is 9.59 Å². The number of hydrogen-bond donors (Lipinski definition) is 0. The van der Waals surface area contributed by atoms with E-state index in [1.54, 1.807) is 0 Å². The van der Waals surface area contributed by atoms with Gasteiger partial charge in [-0.3, -0.25) is 9.59 Å². The van der Waals surface area contributed by atoms with Crippen molar-refractivity contribution in [3.63, 3.8) is 0 Å². The summed E-state index contributed by atoms with van der Waals surface area (Å²) in [7, 11) is 0. The fraction of sp³-hybridized carbons (Fsp3) is 0.417. The maximum Gasteiger partial charge on any atom is 0.178 e. The van der Waals surface area contributed by atoms with Gasteiger partial charge in [-0.25, -0.2) is 0 Å². The Balaban J connectivity index is 1.61. The molecule has 0 bridgehead atoms. The summed E-state index contributed by atoms with van der Waals surface area (Å²) in [6.45, 7) is 7.78. The van der Waals surface area contributed by atoms with Crippen LogP contribution in [0.4, 0.5) is 0 Å². The molecule has 3 rings (SSSR count). The van der Waals surface area contributed by atoms with Crippen LogP contribution in [0.15, 0.2) is 48.5 Å². The highest BCUT2D eigenvalue weighted by molar-refractivity contribution is 14.1. The second-order valence-electron chi connectivity index (χ2n) is 8.71. The van der Waals surface area contributed by atoms with E-state index in [1.807, 2.05) is 52.0 Å². The summed E-state index contributed by atoms with van der Waals surface area (Å²) in [5.41, 5.74) is 4.21. The van der Waals surface area contributed by atoms with Gasteiger partial charge in [-0.15, -0.1) is 0 Å². The lowest BCUT2D eigenvalue weighted by Crippen LogP contribution is -2.24. The molecule has 0 aliphatic heterocycles. The summed E-state index contributed by atoms with van der Waals surface area (Å²) in [6.07, 6.45) is 2.24. The molecule has 1 saturated carbocycles. The van der Waals surface area contributed by atoms with Crippen molar-refractivity contribution in [1.82, 2.24) is 0 Å². The first-order chi connectivity index (χ1) is 13.0. The Labute approximate surface area is 195 Å². The normalized spacial score (nSPS) is 19.8. The van der Waals surface area contributed by atoms with Crippen LogP contribution in [-0.4, -0.2) is 18.4 Å². The van der Waals surface area contributed by atoms with Crippen molar-refractivity contribution in [3.8, 4) is 0 Å². The number of carbonyl (C=O) groups is 2. The molecule has 1 fully saturated rings. The number of ketones is 2. The van der Waals surface area contributed by atoms with Crippen LogP contribution in [0, 0.1) is 0 Å². The SMILES string of the molecule is CC(C)(I)C(=O)c1ccc(C2CC(c3ccc(C(=O)C(C)(C)I)cc3)C2)cc1. The number of Topliss-reactive ketones (excluding diaryl/α,β-unsaturated/α-hetero) is 2. The van der Waals surface area contributed by atoms with E-state index in [-0.39, 0.29) is 18.4 Å². The van der Waals surface area contributed by atoms with Crippen molar-refractivity contribution in [2.24, 2.45) is 0 Å². The average Bonchev–Trinajstić information content (AvgIpc) is 2.59. The Morgan fingerprint density at radius 3 is 1.21 bits per heavy atom. The predicted octanol–water partition coefficient (Wildman–Crippen LogP) is 7.14. The molecule has 0 saturated heterocycles. The maximum absolute atomic E-state index is 12.4. The molecule has 1 aliphatic rings. The molecule has 2 nitrogen and oxygen atoms in total. The van der Waals surface area contributed by atoms with Crippen molar-refractivity contribution in [2.75, 3.05) is 0 Å². The lowest BCUT2D eigenvalue weighted by Gasteiger charge is -2.36. The van der Waals surface area contributed by atoms with E-state index in [2.05, 4.69) is 69.4 Å². The number of benzene rings is 2. The first-order valence-electron chi connectivity index (χ1n) is 9.64. The van der Waals surface area contributed by atoms with E-state index in [0.29, 0.717) is 11.8 Å². The third kappa shape index (κ3) is 4.86. The van der Waals surface area contributed by atoms with Crippen molar-refractivity contribution in [1.29, 1.82) is 0 Å². The van der Waals surface area contributed by atoms with Crippen LogP contribution in [0.2, 0.25) is 0 Å². The first-order valence-corrected chi connectivity index (χ1v) is 11.8. The summed E-state index contributed by atoms with van der Waals surface area (Å²) in [5, 5.41) is 0. The Morgan fingerprint density at radius 1 is 0.679 bits per heavy atom. The highest BCUT2D eigenvalue weighted by atomic mass is 127. The molecule has 28 heavy (non-hydrogen) atoms. The Hall–Kier alpha value is -0.760. The number of halogens is 2. The lowest BCUT2D eigenvalue weighted by molar-refractivity contribution is 0.0958. The molecule has 0 heterocycles. The third-order valence-corrected chi connectivity index (χ3v) is 6.49. The Morgan fingerprint density at radius 2 is 0.964 bits per heavy atom. The minimum absolute atomic E-state index is 0.176. The summed E-state index contributed by atoms with van der Waals surface area (Å²) in [5.74, 6) is 1.46. The highest BCUT2D eigenvalue weighted by Crippen LogP contribution is 2.47. The smallest absolute Gasteiger partial charge is 0.178 e. The number of alkyl halides is 2. The maximum atomic E-state index is 12.4. The molecule has 4 heteroatoms. The fourth-order valence-corrected chi connectivity index (χ4v) is 4.28. The molecule has 0 radical (unpaired) electrons. The van der Waals surface area contributed by atoms with Crippen molar-refractivity contribution < 1.29 is 9.59 Å². The van der Waals surface area contributed by atoms with E-state index in [0.717, 1.165) is 24.0 Å². The van der Waals surface area contributed by atoms with Gasteiger partial charge in [-0.1, -0.05) is 93.7 Å². The van der Waals surface area contributed by atoms with Crippen LogP contribution >= 0.6 is 45.2 Å². The second-order valence-corrected chi connectivity index (χ2v) is 14.1. The van der Waals surface area contributed by atoms with Gasteiger partial charge in [0.25, 0.3) is 0 Å². The van der Waals surface area contributed by atoms with Crippen LogP contribution in [0.5, 0.6) is 0 Å². The summed E-state index contributed by atoms with van der Waals surface area (Å²) >= 11 is 4.39. The molecule has 148 valence electrons. The van der Waals surface area contributed by atoms with E-state index >= 15 is 0 Å². The molecule has 0 N–H and O–H groups in total. The van der Waals surface area contributed by atoms with Crippen molar-refractivity contribution in [2.45, 2.75) is 59.2 Å². The minimum atomic E-state index is -0.374. The minimum Gasteiger partial charge on any atom is -0.293 e. The van der Waals surface area contributed by atoms with E-state index in [4.69, 9.17) is 0 Å². The number of carbonyl (C=O) groups excluding carboxylic acids is 2. The largest absolute Gasteiger partial charge is 0.293 e. The molecule has 2 aromatic rings. The number of hydrogen-bond acceptors (Lipinski definition) is 2. The molecule has 0 amide bonds. The second kappa shape index (κ2) is 8.17. The van der Waals surface area contributed by atoms with Gasteiger partial charge < -0.3 is 0 Å². The molecule has 2 aromatic carbocycles. The summed E-state index contributed by atoms with van der Waals surface area (Å²) < 4.78 is -0.748. The molecule has 0 spiro atoms. The van der Waals surface area contributed by atoms with Gasteiger partial charge in [-0.2, -0.15) is 0 Å². The highest BCUT2D eigenvalue weighted by Gasteiger charge is 2.32. The molecule has 0 atom stereocenters. The van der Waals surface area contributed by atoms with Gasteiger partial charge in [0.15, 0.2) is 11.6 Å². The van der Waals surface area contributed by atoms with Crippen molar-refractivity contribution >= 4 is 56.7 Å². The summed E-state index contributed by atoms with van der Waals surface area (Å²) in [4.78, 5) is 24.7. The average molecular weight is 600 g/mol. The number of rotatable bonds is 6.